The second-order valence-corrected chi connectivity index (χ2v) is 6.79. The number of piperidine rings is 1. The Bertz CT molecular complexity index is 353. The van der Waals surface area contributed by atoms with Crippen molar-refractivity contribution in [2.45, 2.75) is 19.4 Å². The maximum absolute atomic E-state index is 9.19. The monoisotopic (exact) mass is 332 g/mol. The molecule has 3 nitrogen and oxygen atoms in total. The molecular weight excluding hydrogens is 312 g/mol. The maximum atomic E-state index is 9.19. The molecule has 0 bridgehead atoms. The third-order valence-corrected chi connectivity index (χ3v) is 5.07. The van der Waals surface area contributed by atoms with E-state index in [0.29, 0.717) is 0 Å². The molecule has 0 amide bonds. The summed E-state index contributed by atoms with van der Waals surface area (Å²) in [4.78, 5) is 3.75. The summed E-state index contributed by atoms with van der Waals surface area (Å²) in [5.41, 5.74) is 0. The van der Waals surface area contributed by atoms with Crippen LogP contribution in [0.25, 0.3) is 0 Å². The van der Waals surface area contributed by atoms with Crippen molar-refractivity contribution in [3.05, 3.63) is 20.8 Å². The van der Waals surface area contributed by atoms with E-state index in [1.807, 2.05) is 0 Å². The fourth-order valence-electron chi connectivity index (χ4n) is 2.46. The predicted molar refractivity (Wildman–Crippen MR) is 80.0 cm³/mol. The Morgan fingerprint density at radius 1 is 1.44 bits per heavy atom. The molecule has 0 atom stereocenters. The molecule has 0 aromatic carbocycles. The van der Waals surface area contributed by atoms with E-state index < -0.39 is 0 Å². The van der Waals surface area contributed by atoms with Gasteiger partial charge < -0.3 is 10.4 Å². The fraction of sp³-hybridized carbons (Fsp3) is 0.692. The van der Waals surface area contributed by atoms with Crippen molar-refractivity contribution in [2.75, 3.05) is 32.8 Å². The average molecular weight is 333 g/mol. The van der Waals surface area contributed by atoms with Crippen molar-refractivity contribution in [3.63, 3.8) is 0 Å². The molecule has 1 aromatic rings. The highest BCUT2D eigenvalue weighted by Gasteiger charge is 2.17. The van der Waals surface area contributed by atoms with Crippen LogP contribution in [-0.4, -0.2) is 42.8 Å². The Morgan fingerprint density at radius 2 is 2.22 bits per heavy atom. The summed E-state index contributed by atoms with van der Waals surface area (Å²) in [7, 11) is 0. The van der Waals surface area contributed by atoms with Crippen molar-refractivity contribution in [1.29, 1.82) is 0 Å². The first-order chi connectivity index (χ1) is 8.78. The lowest BCUT2D eigenvalue weighted by molar-refractivity contribution is 0.158. The third-order valence-electron chi connectivity index (χ3n) is 3.39. The summed E-state index contributed by atoms with van der Waals surface area (Å²) in [6.45, 7) is 5.37. The fourth-order valence-corrected chi connectivity index (χ4v) is 3.96. The quantitative estimate of drug-likeness (QED) is 0.839. The lowest BCUT2D eigenvalue weighted by Crippen LogP contribution is -2.37. The molecule has 1 saturated heterocycles. The minimum atomic E-state index is 0.248. The number of aliphatic hydroxyl groups excluding tert-OH is 1. The van der Waals surface area contributed by atoms with Gasteiger partial charge >= 0.3 is 0 Å². The van der Waals surface area contributed by atoms with Crippen LogP contribution in [0.15, 0.2) is 15.9 Å². The molecule has 102 valence electrons. The van der Waals surface area contributed by atoms with Gasteiger partial charge in [0.2, 0.25) is 0 Å². The summed E-state index contributed by atoms with van der Waals surface area (Å²) in [6, 6.07) is 2.18. The van der Waals surface area contributed by atoms with Gasteiger partial charge in [-0.3, -0.25) is 4.90 Å². The third kappa shape index (κ3) is 4.63. The summed E-state index contributed by atoms with van der Waals surface area (Å²) in [5.74, 6) is 0.779. The van der Waals surface area contributed by atoms with Crippen LogP contribution < -0.4 is 5.32 Å². The van der Waals surface area contributed by atoms with Crippen LogP contribution in [0.1, 0.15) is 17.7 Å². The van der Waals surface area contributed by atoms with Crippen LogP contribution in [0.5, 0.6) is 0 Å². The SMILES string of the molecule is OCCN(Cc1cc(Br)cs1)CC1CCNCC1. The molecule has 0 aliphatic carbocycles. The molecule has 18 heavy (non-hydrogen) atoms. The zero-order chi connectivity index (χ0) is 12.8. The molecule has 0 unspecified atom stereocenters. The zero-order valence-electron chi connectivity index (χ0n) is 10.6. The molecular formula is C13H21BrN2OS. The minimum absolute atomic E-state index is 0.248. The van der Waals surface area contributed by atoms with Gasteiger partial charge in [0.25, 0.3) is 0 Å². The first-order valence-electron chi connectivity index (χ1n) is 6.55. The number of hydrogen-bond donors (Lipinski definition) is 2. The van der Waals surface area contributed by atoms with E-state index in [1.54, 1.807) is 11.3 Å². The van der Waals surface area contributed by atoms with Crippen molar-refractivity contribution in [3.8, 4) is 0 Å². The lowest BCUT2D eigenvalue weighted by atomic mass is 9.97. The highest BCUT2D eigenvalue weighted by Crippen LogP contribution is 2.22. The van der Waals surface area contributed by atoms with Gasteiger partial charge in [0.05, 0.1) is 6.61 Å². The molecule has 1 aliphatic rings. The van der Waals surface area contributed by atoms with Crippen LogP contribution >= 0.6 is 27.3 Å². The van der Waals surface area contributed by atoms with E-state index in [9.17, 15) is 5.11 Å². The van der Waals surface area contributed by atoms with Gasteiger partial charge in [0, 0.05) is 34.4 Å². The van der Waals surface area contributed by atoms with Crippen LogP contribution in [0.4, 0.5) is 0 Å². The topological polar surface area (TPSA) is 35.5 Å². The second-order valence-electron chi connectivity index (χ2n) is 4.88. The summed E-state index contributed by atoms with van der Waals surface area (Å²) < 4.78 is 1.16. The highest BCUT2D eigenvalue weighted by molar-refractivity contribution is 9.10. The van der Waals surface area contributed by atoms with E-state index in [0.717, 1.165) is 43.1 Å². The second kappa shape index (κ2) is 7.60. The van der Waals surface area contributed by atoms with Crippen LogP contribution in [0.2, 0.25) is 0 Å². The van der Waals surface area contributed by atoms with Crippen LogP contribution in [0.3, 0.4) is 0 Å². The van der Waals surface area contributed by atoms with Gasteiger partial charge in [-0.15, -0.1) is 11.3 Å². The molecule has 0 spiro atoms. The molecule has 5 heteroatoms. The molecule has 0 radical (unpaired) electrons. The van der Waals surface area contributed by atoms with Gasteiger partial charge in [0.1, 0.15) is 0 Å². The highest BCUT2D eigenvalue weighted by atomic mass is 79.9. The summed E-state index contributed by atoms with van der Waals surface area (Å²) >= 11 is 5.28. The molecule has 2 rings (SSSR count). The van der Waals surface area contributed by atoms with E-state index in [4.69, 9.17) is 0 Å². The maximum Gasteiger partial charge on any atom is 0.0558 e. The number of halogens is 1. The molecule has 2 heterocycles. The Balaban J connectivity index is 1.86. The molecule has 0 saturated carbocycles. The van der Waals surface area contributed by atoms with Crippen molar-refractivity contribution >= 4 is 27.3 Å². The predicted octanol–water partition coefficient (Wildman–Crippen LogP) is 2.30. The number of nitrogens with zero attached hydrogens (tertiary/aromatic N) is 1. The van der Waals surface area contributed by atoms with Crippen LogP contribution in [-0.2, 0) is 6.54 Å². The van der Waals surface area contributed by atoms with E-state index >= 15 is 0 Å². The van der Waals surface area contributed by atoms with E-state index in [-0.39, 0.29) is 6.61 Å². The van der Waals surface area contributed by atoms with Gasteiger partial charge in [-0.2, -0.15) is 0 Å². The number of aliphatic hydroxyl groups is 1. The number of nitrogens with one attached hydrogen (secondary N) is 1. The van der Waals surface area contributed by atoms with Gasteiger partial charge in [-0.05, 0) is 53.8 Å². The Kier molecular flexibility index (Phi) is 6.11. The largest absolute Gasteiger partial charge is 0.395 e. The Morgan fingerprint density at radius 3 is 2.83 bits per heavy atom. The van der Waals surface area contributed by atoms with Gasteiger partial charge in [-0.1, -0.05) is 0 Å². The number of hydrogen-bond acceptors (Lipinski definition) is 4. The summed E-state index contributed by atoms with van der Waals surface area (Å²) in [6.07, 6.45) is 2.52. The van der Waals surface area contributed by atoms with Crippen LogP contribution in [0, 0.1) is 5.92 Å². The smallest absolute Gasteiger partial charge is 0.0558 e. The molecule has 1 fully saturated rings. The lowest BCUT2D eigenvalue weighted by Gasteiger charge is -2.29. The molecule has 1 aliphatic heterocycles. The Hall–Kier alpha value is 0.0600. The standard InChI is InChI=1S/C13H21BrN2OS/c14-12-7-13(18-10-12)9-16(5-6-17)8-11-1-3-15-4-2-11/h7,10-11,15,17H,1-6,8-9H2. The minimum Gasteiger partial charge on any atom is -0.395 e. The van der Waals surface area contributed by atoms with E-state index in [1.165, 1.54) is 17.7 Å². The first kappa shape index (κ1) is 14.5. The average Bonchev–Trinajstić information content (AvgIpc) is 2.76. The number of rotatable bonds is 6. The number of thiophene rings is 1. The molecule has 1 aromatic heterocycles. The van der Waals surface area contributed by atoms with E-state index in [2.05, 4.69) is 37.6 Å². The Labute approximate surface area is 121 Å². The van der Waals surface area contributed by atoms with Crippen molar-refractivity contribution in [1.82, 2.24) is 10.2 Å². The first-order valence-corrected chi connectivity index (χ1v) is 8.22. The van der Waals surface area contributed by atoms with Crippen molar-refractivity contribution in [2.24, 2.45) is 5.92 Å². The van der Waals surface area contributed by atoms with Crippen molar-refractivity contribution < 1.29 is 5.11 Å². The summed E-state index contributed by atoms with van der Waals surface area (Å²) in [5, 5.41) is 14.7. The zero-order valence-corrected chi connectivity index (χ0v) is 13.0. The molecule has 2 N–H and O–H groups in total. The van der Waals surface area contributed by atoms with Gasteiger partial charge in [-0.25, -0.2) is 0 Å². The van der Waals surface area contributed by atoms with Gasteiger partial charge in [0.15, 0.2) is 0 Å². The normalized spacial score (nSPS) is 17.5.